The molecule has 25 heavy (non-hydrogen) atoms. The highest BCUT2D eigenvalue weighted by Crippen LogP contribution is 2.27. The van der Waals surface area contributed by atoms with Crippen LogP contribution in [0.15, 0.2) is 42.0 Å². The number of fused-ring (bicyclic) bond motifs is 1. The molecule has 4 nitrogen and oxygen atoms in total. The fourth-order valence-electron chi connectivity index (χ4n) is 4.03. The van der Waals surface area contributed by atoms with E-state index >= 15 is 0 Å². The fourth-order valence-corrected chi connectivity index (χ4v) is 6.07. The van der Waals surface area contributed by atoms with Crippen LogP contribution in [0.3, 0.4) is 0 Å². The third-order valence-corrected chi connectivity index (χ3v) is 7.09. The van der Waals surface area contributed by atoms with Gasteiger partial charge in [0.25, 0.3) is 0 Å². The van der Waals surface area contributed by atoms with Crippen LogP contribution in [0.4, 0.5) is 0 Å². The summed E-state index contributed by atoms with van der Waals surface area (Å²) in [6.45, 7) is 8.00. The largest absolute Gasteiger partial charge is 0.296 e. The van der Waals surface area contributed by atoms with Crippen molar-refractivity contribution in [2.45, 2.75) is 38.8 Å². The number of nitrogens with zero attached hydrogens (tertiary/aromatic N) is 2. The van der Waals surface area contributed by atoms with Crippen molar-refractivity contribution in [1.82, 2.24) is 9.80 Å². The van der Waals surface area contributed by atoms with Crippen LogP contribution in [0, 0.1) is 0 Å². The minimum atomic E-state index is -2.91. The number of aryl methyl sites for hydroxylation is 1. The molecule has 0 unspecified atom stereocenters. The normalized spacial score (nSPS) is 26.3. The van der Waals surface area contributed by atoms with Crippen molar-refractivity contribution < 1.29 is 8.42 Å². The van der Waals surface area contributed by atoms with Gasteiger partial charge in [-0.3, -0.25) is 9.80 Å². The predicted molar refractivity (Wildman–Crippen MR) is 104 cm³/mol. The highest BCUT2D eigenvalue weighted by Gasteiger charge is 2.45. The van der Waals surface area contributed by atoms with E-state index in [-0.39, 0.29) is 12.1 Å². The van der Waals surface area contributed by atoms with Crippen molar-refractivity contribution in [3.05, 3.63) is 47.5 Å². The second kappa shape index (κ2) is 8.02. The average molecular weight is 363 g/mol. The van der Waals surface area contributed by atoms with Crippen molar-refractivity contribution in [2.24, 2.45) is 0 Å². The molecule has 2 aliphatic heterocycles. The maximum Gasteiger partial charge on any atom is 0.153 e. The molecule has 2 fully saturated rings. The minimum Gasteiger partial charge on any atom is -0.296 e. The lowest BCUT2D eigenvalue weighted by atomic mass is 10.0. The number of allylic oxidation sites excluding steroid dienone is 1. The smallest absolute Gasteiger partial charge is 0.153 e. The van der Waals surface area contributed by atoms with Crippen molar-refractivity contribution >= 4 is 9.84 Å². The van der Waals surface area contributed by atoms with Crippen LogP contribution in [0.25, 0.3) is 0 Å². The van der Waals surface area contributed by atoms with E-state index in [0.717, 1.165) is 39.0 Å². The molecule has 0 saturated carbocycles. The van der Waals surface area contributed by atoms with E-state index in [1.54, 1.807) is 0 Å². The van der Waals surface area contributed by atoms with Gasteiger partial charge in [-0.2, -0.15) is 0 Å². The molecule has 0 radical (unpaired) electrons. The summed E-state index contributed by atoms with van der Waals surface area (Å²) in [5.74, 6) is 0.651. The lowest BCUT2D eigenvalue weighted by Gasteiger charge is -2.43. The topological polar surface area (TPSA) is 40.6 Å². The molecule has 0 N–H and O–H groups in total. The Morgan fingerprint density at radius 2 is 1.72 bits per heavy atom. The van der Waals surface area contributed by atoms with Crippen LogP contribution in [-0.4, -0.2) is 68.0 Å². The summed E-state index contributed by atoms with van der Waals surface area (Å²) >= 11 is 0. The Kier molecular flexibility index (Phi) is 5.97. The van der Waals surface area contributed by atoms with E-state index in [9.17, 15) is 8.42 Å². The quantitative estimate of drug-likeness (QED) is 0.729. The summed E-state index contributed by atoms with van der Waals surface area (Å²) in [6, 6.07) is 10.9. The van der Waals surface area contributed by atoms with Crippen molar-refractivity contribution in [1.29, 1.82) is 0 Å². The number of sulfone groups is 1. The Bertz CT molecular complexity index is 696. The first-order valence-corrected chi connectivity index (χ1v) is 11.1. The summed E-state index contributed by atoms with van der Waals surface area (Å²) in [5, 5.41) is 0. The van der Waals surface area contributed by atoms with Crippen LogP contribution in [0.1, 0.15) is 25.8 Å². The van der Waals surface area contributed by atoms with E-state index in [1.165, 1.54) is 11.1 Å². The first kappa shape index (κ1) is 18.6. The SMILES string of the molecule is CC(C)=CCN1CCN(CCCc2ccccc2)[C@@H]2CS(=O)(=O)C[C@@H]21. The molecular formula is C20H30N2O2S. The first-order valence-electron chi connectivity index (χ1n) is 9.30. The zero-order valence-electron chi connectivity index (χ0n) is 15.4. The van der Waals surface area contributed by atoms with Crippen LogP contribution in [-0.2, 0) is 16.3 Å². The average Bonchev–Trinajstić information content (AvgIpc) is 2.90. The Morgan fingerprint density at radius 3 is 2.40 bits per heavy atom. The molecule has 2 aliphatic rings. The van der Waals surface area contributed by atoms with Crippen LogP contribution in [0.2, 0.25) is 0 Å². The molecule has 1 aromatic carbocycles. The molecule has 2 heterocycles. The standard InChI is InChI=1S/C20H30N2O2S/c1-17(2)10-12-22-14-13-21(19-15-25(23,24)16-20(19)22)11-6-9-18-7-4-3-5-8-18/h3-5,7-8,10,19-20H,6,9,11-16H2,1-2H3/t19-,20+/m1/s1. The van der Waals surface area contributed by atoms with Gasteiger partial charge in [0.15, 0.2) is 9.84 Å². The van der Waals surface area contributed by atoms with Crippen molar-refractivity contribution in [3.8, 4) is 0 Å². The lowest BCUT2D eigenvalue weighted by Crippen LogP contribution is -2.59. The van der Waals surface area contributed by atoms with Gasteiger partial charge in [-0.05, 0) is 38.8 Å². The molecule has 0 amide bonds. The van der Waals surface area contributed by atoms with Crippen LogP contribution < -0.4 is 0 Å². The third kappa shape index (κ3) is 4.93. The molecule has 2 saturated heterocycles. The van der Waals surface area contributed by atoms with Crippen molar-refractivity contribution in [2.75, 3.05) is 37.7 Å². The lowest BCUT2D eigenvalue weighted by molar-refractivity contribution is 0.0524. The molecule has 0 aliphatic carbocycles. The van der Waals surface area contributed by atoms with E-state index in [0.29, 0.717) is 11.5 Å². The number of benzene rings is 1. The van der Waals surface area contributed by atoms with Gasteiger partial charge in [0, 0.05) is 31.7 Å². The first-order chi connectivity index (χ1) is 11.9. The molecule has 0 aromatic heterocycles. The zero-order chi connectivity index (χ0) is 17.9. The maximum absolute atomic E-state index is 12.3. The summed E-state index contributed by atoms with van der Waals surface area (Å²) in [7, 11) is -2.91. The summed E-state index contributed by atoms with van der Waals surface area (Å²) in [4.78, 5) is 4.80. The van der Waals surface area contributed by atoms with Gasteiger partial charge in [-0.1, -0.05) is 42.0 Å². The maximum atomic E-state index is 12.3. The van der Waals surface area contributed by atoms with E-state index in [2.05, 4.69) is 54.0 Å². The van der Waals surface area contributed by atoms with Gasteiger partial charge in [0.2, 0.25) is 0 Å². The fraction of sp³-hybridized carbons (Fsp3) is 0.600. The molecule has 1 aromatic rings. The van der Waals surface area contributed by atoms with Gasteiger partial charge < -0.3 is 0 Å². The second-order valence-corrected chi connectivity index (χ2v) is 9.77. The van der Waals surface area contributed by atoms with Gasteiger partial charge >= 0.3 is 0 Å². The number of hydrogen-bond donors (Lipinski definition) is 0. The molecule has 0 spiro atoms. The Morgan fingerprint density at radius 1 is 1.08 bits per heavy atom. The van der Waals surface area contributed by atoms with Gasteiger partial charge in [0.1, 0.15) is 0 Å². The molecule has 3 rings (SSSR count). The number of rotatable bonds is 6. The van der Waals surface area contributed by atoms with Gasteiger partial charge in [0.05, 0.1) is 11.5 Å². The molecule has 0 bridgehead atoms. The predicted octanol–water partition coefficient (Wildman–Crippen LogP) is 2.37. The summed E-state index contributed by atoms with van der Waals surface area (Å²) in [6.07, 6.45) is 4.36. The van der Waals surface area contributed by atoms with Gasteiger partial charge in [-0.15, -0.1) is 0 Å². The van der Waals surface area contributed by atoms with Crippen LogP contribution >= 0.6 is 0 Å². The molecular weight excluding hydrogens is 332 g/mol. The van der Waals surface area contributed by atoms with Crippen molar-refractivity contribution in [3.63, 3.8) is 0 Å². The summed E-state index contributed by atoms with van der Waals surface area (Å²) < 4.78 is 24.5. The van der Waals surface area contributed by atoms with Gasteiger partial charge in [-0.25, -0.2) is 8.42 Å². The second-order valence-electron chi connectivity index (χ2n) is 7.61. The Hall–Kier alpha value is -1.17. The highest BCUT2D eigenvalue weighted by atomic mass is 32.2. The third-order valence-electron chi connectivity index (χ3n) is 5.39. The number of piperazine rings is 1. The minimum absolute atomic E-state index is 0.158. The molecule has 2 atom stereocenters. The number of hydrogen-bond acceptors (Lipinski definition) is 4. The van der Waals surface area contributed by atoms with E-state index in [1.807, 2.05) is 6.07 Å². The monoisotopic (exact) mass is 362 g/mol. The van der Waals surface area contributed by atoms with E-state index < -0.39 is 9.84 Å². The molecule has 5 heteroatoms. The Labute approximate surface area is 152 Å². The Balaban J connectivity index is 1.61. The molecule has 138 valence electrons. The zero-order valence-corrected chi connectivity index (χ0v) is 16.2. The summed E-state index contributed by atoms with van der Waals surface area (Å²) in [5.41, 5.74) is 2.66. The van der Waals surface area contributed by atoms with E-state index in [4.69, 9.17) is 0 Å². The highest BCUT2D eigenvalue weighted by molar-refractivity contribution is 7.91. The van der Waals surface area contributed by atoms with Crippen LogP contribution in [0.5, 0.6) is 0 Å².